The van der Waals surface area contributed by atoms with Gasteiger partial charge in [0.25, 0.3) is 0 Å². The smallest absolute Gasteiger partial charge is 0.337 e. The molecule has 2 aromatic rings. The van der Waals surface area contributed by atoms with E-state index in [0.717, 1.165) is 0 Å². The van der Waals surface area contributed by atoms with Gasteiger partial charge >= 0.3 is 5.97 Å². The standard InChI is InChI=1S/C9H12ClNO2.C8H7ClO3/c10-7-1-3-9(4-2-7)13-6-8(12)5-11;9-6-4-2-1-3-5(6)7(10)8(11)12/h1-4,8,12H,5-6,11H2;1-4,7,10H,(H,11,12)/t8-;7-/m01/s1. The monoisotopic (exact) mass is 387 g/mol. The molecule has 0 aliphatic heterocycles. The van der Waals surface area contributed by atoms with E-state index in [1.54, 1.807) is 36.4 Å². The Morgan fingerprint density at radius 3 is 2.20 bits per heavy atom. The predicted octanol–water partition coefficient (Wildman–Crippen LogP) is 2.50. The van der Waals surface area contributed by atoms with Gasteiger partial charge in [-0.05, 0) is 30.3 Å². The van der Waals surface area contributed by atoms with E-state index >= 15 is 0 Å². The lowest BCUT2D eigenvalue weighted by Gasteiger charge is -2.09. The molecule has 0 saturated heterocycles. The lowest BCUT2D eigenvalue weighted by atomic mass is 10.1. The highest BCUT2D eigenvalue weighted by Gasteiger charge is 2.17. The summed E-state index contributed by atoms with van der Waals surface area (Å²) in [5.74, 6) is -0.625. The van der Waals surface area contributed by atoms with Gasteiger partial charge in [-0.15, -0.1) is 0 Å². The van der Waals surface area contributed by atoms with Crippen LogP contribution < -0.4 is 10.5 Å². The Morgan fingerprint density at radius 2 is 1.68 bits per heavy atom. The summed E-state index contributed by atoms with van der Waals surface area (Å²) < 4.78 is 5.23. The van der Waals surface area contributed by atoms with E-state index in [0.29, 0.717) is 10.8 Å². The highest BCUT2D eigenvalue weighted by atomic mass is 35.5. The van der Waals surface area contributed by atoms with Crippen molar-refractivity contribution >= 4 is 29.2 Å². The van der Waals surface area contributed by atoms with Crippen LogP contribution in [0.25, 0.3) is 0 Å². The fraction of sp³-hybridized carbons (Fsp3) is 0.235. The highest BCUT2D eigenvalue weighted by molar-refractivity contribution is 6.31. The molecule has 0 unspecified atom stereocenters. The molecule has 0 aromatic heterocycles. The first kappa shape index (κ1) is 21.2. The Labute approximate surface area is 155 Å². The van der Waals surface area contributed by atoms with E-state index < -0.39 is 18.2 Å². The SMILES string of the molecule is NC[C@H](O)COc1ccc(Cl)cc1.O=C(O)[C@H](O)c1ccccc1Cl. The van der Waals surface area contributed by atoms with Crippen molar-refractivity contribution in [3.8, 4) is 5.75 Å². The number of hydrogen-bond donors (Lipinski definition) is 4. The fourth-order valence-electron chi connectivity index (χ4n) is 1.62. The molecule has 0 spiro atoms. The third-order valence-corrected chi connectivity index (χ3v) is 3.56. The second-order valence-corrected chi connectivity index (χ2v) is 5.76. The topological polar surface area (TPSA) is 113 Å². The van der Waals surface area contributed by atoms with E-state index in [1.165, 1.54) is 12.1 Å². The van der Waals surface area contributed by atoms with Gasteiger partial charge in [-0.2, -0.15) is 0 Å². The fourth-order valence-corrected chi connectivity index (χ4v) is 1.99. The zero-order valence-electron chi connectivity index (χ0n) is 13.2. The van der Waals surface area contributed by atoms with Crippen molar-refractivity contribution < 1.29 is 24.9 Å². The Kier molecular flexibility index (Phi) is 9.26. The van der Waals surface area contributed by atoms with Crippen LogP contribution in [0.3, 0.4) is 0 Å². The molecular weight excluding hydrogens is 369 g/mol. The number of carboxylic acid groups (broad SMARTS) is 1. The molecular formula is C17H19Cl2NO5. The largest absolute Gasteiger partial charge is 0.491 e. The second kappa shape index (κ2) is 10.9. The zero-order valence-corrected chi connectivity index (χ0v) is 14.7. The van der Waals surface area contributed by atoms with E-state index in [4.69, 9.17) is 49.0 Å². The third kappa shape index (κ3) is 7.72. The number of halogens is 2. The minimum atomic E-state index is -1.54. The summed E-state index contributed by atoms with van der Waals surface area (Å²) in [5, 5.41) is 27.6. The first-order chi connectivity index (χ1) is 11.8. The summed E-state index contributed by atoms with van der Waals surface area (Å²) in [6, 6.07) is 13.2. The average molecular weight is 388 g/mol. The van der Waals surface area contributed by atoms with Crippen molar-refractivity contribution in [1.29, 1.82) is 0 Å². The van der Waals surface area contributed by atoms with Gasteiger partial charge in [0.15, 0.2) is 6.10 Å². The number of rotatable bonds is 6. The highest BCUT2D eigenvalue weighted by Crippen LogP contribution is 2.22. The van der Waals surface area contributed by atoms with Gasteiger partial charge in [0, 0.05) is 22.2 Å². The Bertz CT molecular complexity index is 666. The number of aliphatic hydroxyl groups is 2. The quantitative estimate of drug-likeness (QED) is 0.605. The van der Waals surface area contributed by atoms with Crippen molar-refractivity contribution in [3.05, 3.63) is 64.1 Å². The summed E-state index contributed by atoms with van der Waals surface area (Å²) in [5.41, 5.74) is 5.42. The van der Waals surface area contributed by atoms with Crippen LogP contribution >= 0.6 is 23.2 Å². The lowest BCUT2D eigenvalue weighted by Crippen LogP contribution is -2.26. The van der Waals surface area contributed by atoms with Crippen molar-refractivity contribution in [2.24, 2.45) is 5.73 Å². The van der Waals surface area contributed by atoms with E-state index in [2.05, 4.69) is 0 Å². The lowest BCUT2D eigenvalue weighted by molar-refractivity contribution is -0.146. The average Bonchev–Trinajstić information content (AvgIpc) is 2.61. The molecule has 0 amide bonds. The molecule has 0 bridgehead atoms. The van der Waals surface area contributed by atoms with Crippen LogP contribution in [-0.2, 0) is 4.79 Å². The van der Waals surface area contributed by atoms with Gasteiger partial charge in [-0.25, -0.2) is 4.79 Å². The number of hydrogen-bond acceptors (Lipinski definition) is 5. The van der Waals surface area contributed by atoms with Crippen LogP contribution in [0.5, 0.6) is 5.75 Å². The molecule has 0 radical (unpaired) electrons. The number of carboxylic acids is 1. The maximum atomic E-state index is 10.3. The van der Waals surface area contributed by atoms with E-state index in [1.807, 2.05) is 0 Å². The second-order valence-electron chi connectivity index (χ2n) is 4.92. The van der Waals surface area contributed by atoms with Crippen LogP contribution in [0.4, 0.5) is 0 Å². The van der Waals surface area contributed by atoms with Crippen molar-refractivity contribution in [3.63, 3.8) is 0 Å². The van der Waals surface area contributed by atoms with Crippen molar-refractivity contribution in [1.82, 2.24) is 0 Å². The van der Waals surface area contributed by atoms with E-state index in [-0.39, 0.29) is 23.7 Å². The Balaban J connectivity index is 0.000000251. The van der Waals surface area contributed by atoms with Gasteiger partial charge in [0.1, 0.15) is 18.5 Å². The minimum Gasteiger partial charge on any atom is -0.491 e. The van der Waals surface area contributed by atoms with E-state index in [9.17, 15) is 4.79 Å². The molecule has 6 nitrogen and oxygen atoms in total. The first-order valence-corrected chi connectivity index (χ1v) is 8.02. The number of ether oxygens (including phenoxy) is 1. The molecule has 0 heterocycles. The molecule has 136 valence electrons. The minimum absolute atomic E-state index is 0.202. The van der Waals surface area contributed by atoms with Crippen LogP contribution in [0.1, 0.15) is 11.7 Å². The summed E-state index contributed by atoms with van der Waals surface area (Å²) in [4.78, 5) is 10.3. The summed E-state index contributed by atoms with van der Waals surface area (Å²) in [6.07, 6.45) is -2.16. The summed E-state index contributed by atoms with van der Waals surface area (Å²) in [6.45, 7) is 0.408. The maximum absolute atomic E-state index is 10.3. The first-order valence-electron chi connectivity index (χ1n) is 7.27. The van der Waals surface area contributed by atoms with Gasteiger partial charge < -0.3 is 25.8 Å². The number of benzene rings is 2. The summed E-state index contributed by atoms with van der Waals surface area (Å²) in [7, 11) is 0. The van der Waals surface area contributed by atoms with Crippen LogP contribution in [0, 0.1) is 0 Å². The van der Waals surface area contributed by atoms with Gasteiger partial charge in [-0.3, -0.25) is 0 Å². The molecule has 25 heavy (non-hydrogen) atoms. The van der Waals surface area contributed by atoms with Crippen molar-refractivity contribution in [2.45, 2.75) is 12.2 Å². The number of nitrogens with two attached hydrogens (primary N) is 1. The molecule has 5 N–H and O–H groups in total. The molecule has 2 atom stereocenters. The summed E-state index contributed by atoms with van der Waals surface area (Å²) >= 11 is 11.3. The molecule has 0 fully saturated rings. The number of aliphatic carboxylic acids is 1. The maximum Gasteiger partial charge on any atom is 0.337 e. The molecule has 2 rings (SSSR count). The van der Waals surface area contributed by atoms with Gasteiger partial charge in [-0.1, -0.05) is 41.4 Å². The van der Waals surface area contributed by atoms with Crippen LogP contribution in [-0.4, -0.2) is 40.5 Å². The predicted molar refractivity (Wildman–Crippen MR) is 96.1 cm³/mol. The number of carbonyl (C=O) groups is 1. The molecule has 0 aliphatic rings. The Hall–Kier alpha value is -1.83. The van der Waals surface area contributed by atoms with Crippen LogP contribution in [0.2, 0.25) is 10.0 Å². The third-order valence-electron chi connectivity index (χ3n) is 2.96. The molecule has 8 heteroatoms. The molecule has 2 aromatic carbocycles. The zero-order chi connectivity index (χ0) is 18.8. The van der Waals surface area contributed by atoms with Crippen molar-refractivity contribution in [2.75, 3.05) is 13.2 Å². The Morgan fingerprint density at radius 1 is 1.08 bits per heavy atom. The molecule has 0 aliphatic carbocycles. The normalized spacial score (nSPS) is 12.5. The van der Waals surface area contributed by atoms with Crippen LogP contribution in [0.15, 0.2) is 48.5 Å². The van der Waals surface area contributed by atoms with Gasteiger partial charge in [0.2, 0.25) is 0 Å². The number of aliphatic hydroxyl groups excluding tert-OH is 2. The van der Waals surface area contributed by atoms with Gasteiger partial charge in [0.05, 0.1) is 0 Å². The molecule has 0 saturated carbocycles.